The summed E-state index contributed by atoms with van der Waals surface area (Å²) in [7, 11) is 0. The molecule has 0 amide bonds. The molecule has 45 heavy (non-hydrogen) atoms. The van der Waals surface area contributed by atoms with Crippen molar-refractivity contribution in [2.75, 3.05) is 0 Å². The normalized spacial score (nSPS) is 23.2. The zero-order chi connectivity index (χ0) is 32.2. The third-order valence-corrected chi connectivity index (χ3v) is 62.4. The molecule has 2 heterocycles. The van der Waals surface area contributed by atoms with Crippen molar-refractivity contribution >= 4 is 124 Å². The number of carboxylic acids is 6. The summed E-state index contributed by atoms with van der Waals surface area (Å²) >= 11 is -24.0. The van der Waals surface area contributed by atoms with Gasteiger partial charge in [-0.1, -0.05) is 0 Å². The quantitative estimate of drug-likeness (QED) is 0.0822. The molecule has 0 saturated carbocycles. The van der Waals surface area contributed by atoms with Crippen molar-refractivity contribution in [2.45, 2.75) is 70.0 Å². The molecule has 2 aliphatic rings. The van der Waals surface area contributed by atoms with Gasteiger partial charge in [0.15, 0.2) is 0 Å². The van der Waals surface area contributed by atoms with Crippen molar-refractivity contribution in [3.05, 3.63) is 0 Å². The Bertz CT molecular complexity index is 902. The number of carboxylic acid groups (broad SMARTS) is 6. The van der Waals surface area contributed by atoms with E-state index in [-0.39, 0.29) is 42.5 Å². The van der Waals surface area contributed by atoms with Crippen LogP contribution in [0.25, 0.3) is 0 Å². The van der Waals surface area contributed by atoms with E-state index in [1.54, 1.807) is 0 Å². The van der Waals surface area contributed by atoms with Gasteiger partial charge in [-0.3, -0.25) is 0 Å². The van der Waals surface area contributed by atoms with Crippen molar-refractivity contribution in [2.24, 2.45) is 0 Å². The molecule has 0 spiro atoms. The molecular weight excluding hydrogens is 988 g/mol. The van der Waals surface area contributed by atoms with Crippen molar-refractivity contribution in [1.29, 1.82) is 0 Å². The summed E-state index contributed by atoms with van der Waals surface area (Å²) in [6.45, 7) is 0. The van der Waals surface area contributed by atoms with Crippen LogP contribution in [0.5, 0.6) is 0 Å². The number of rotatable bonds is 18. The molecule has 27 heteroatoms. The third kappa shape index (κ3) is 17.6. The molecule has 0 unspecified atom stereocenters. The second kappa shape index (κ2) is 21.6. The third-order valence-electron chi connectivity index (χ3n) is 5.31. The fourth-order valence-corrected chi connectivity index (χ4v) is 87.5. The van der Waals surface area contributed by atoms with Crippen molar-refractivity contribution in [3.63, 3.8) is 0 Å². The molecule has 2 bridgehead atoms. The Balaban J connectivity index is 0.00000968. The van der Waals surface area contributed by atoms with Crippen LogP contribution in [0.2, 0.25) is 31.5 Å². The number of hydrogen-bond donors (Lipinski definition) is 6. The number of aliphatic carboxylic acids is 6. The average molecular weight is 1020 g/mol. The summed E-state index contributed by atoms with van der Waals surface area (Å²) in [6, 6.07) is 0. The van der Waals surface area contributed by atoms with Crippen LogP contribution in [0, 0.1) is 0 Å². The van der Waals surface area contributed by atoms with Crippen LogP contribution < -0.4 is 0 Å². The maximum absolute atomic E-state index is 11.7. The molecule has 10 N–H and O–H groups in total. The van der Waals surface area contributed by atoms with E-state index in [4.69, 9.17) is 19.5 Å². The van der Waals surface area contributed by atoms with Gasteiger partial charge in [0.25, 0.3) is 0 Å². The van der Waals surface area contributed by atoms with Crippen molar-refractivity contribution < 1.29 is 89.9 Å². The summed E-state index contributed by atoms with van der Waals surface area (Å²) in [5.74, 6) is -7.26. The summed E-state index contributed by atoms with van der Waals surface area (Å²) in [5.41, 5.74) is 0. The molecule has 256 valence electrons. The number of fused-ring (bicyclic) bond motifs is 2. The second-order valence-electron chi connectivity index (χ2n) is 8.93. The van der Waals surface area contributed by atoms with Crippen molar-refractivity contribution in [1.82, 2.24) is 0 Å². The van der Waals surface area contributed by atoms with E-state index < -0.39 is 163 Å². The summed E-state index contributed by atoms with van der Waals surface area (Å²) in [5, 5.41) is 54.9. The van der Waals surface area contributed by atoms with Crippen LogP contribution in [0.3, 0.4) is 0 Å². The van der Waals surface area contributed by atoms with E-state index in [1.165, 1.54) is 0 Å². The van der Waals surface area contributed by atoms with E-state index in [0.29, 0.717) is 0 Å². The first-order valence-corrected chi connectivity index (χ1v) is 33.6. The average Bonchev–Trinajstić information content (AvgIpc) is 2.87. The van der Waals surface area contributed by atoms with Crippen LogP contribution in [0.4, 0.5) is 0 Å². The zero-order valence-corrected chi connectivity index (χ0v) is 36.1. The van der Waals surface area contributed by atoms with Gasteiger partial charge in [-0.25, -0.2) is 0 Å². The minimum absolute atomic E-state index is 0. The molecule has 0 aromatic heterocycles. The Hall–Kier alpha value is -0.283. The van der Waals surface area contributed by atoms with Crippen LogP contribution >= 0.6 is 0 Å². The molecule has 0 aromatic rings. The fraction of sp³-hybridized carbons (Fsp3) is 0.667. The van der Waals surface area contributed by atoms with Crippen molar-refractivity contribution in [3.8, 4) is 0 Å². The first-order chi connectivity index (χ1) is 20.1. The van der Waals surface area contributed by atoms with E-state index in [1.807, 2.05) is 0 Å². The van der Waals surface area contributed by atoms with Crippen LogP contribution in [0.1, 0.15) is 38.5 Å². The Morgan fingerprint density at radius 1 is 0.422 bits per heavy atom. The Labute approximate surface area is 282 Å². The summed E-state index contributed by atoms with van der Waals surface area (Å²) in [4.78, 5) is 68.8. The van der Waals surface area contributed by atoms with Gasteiger partial charge in [0.1, 0.15) is 0 Å². The molecular formula is C18H34Ge6O21. The monoisotopic (exact) mass is 1030 g/mol. The van der Waals surface area contributed by atoms with Gasteiger partial charge in [-0.15, -0.1) is 0 Å². The SMILES string of the molecule is O.O.O=C(O)C[CH2][Ge]1[O][Ge]([CH2]CC(=O)O)[O][Ge]2([CH2]CC(=O)O)[O][Ge]([CH2]CC(=O)O)[O][Ge]([CH2]CC(=O)O)[O][Ge]([CH2]CC(=O)O)([O]1)[O]2. The summed E-state index contributed by atoms with van der Waals surface area (Å²) in [6.07, 6.45) is -2.69. The van der Waals surface area contributed by atoms with Crippen LogP contribution in [0.15, 0.2) is 0 Å². The van der Waals surface area contributed by atoms with E-state index in [0.717, 1.165) is 0 Å². The van der Waals surface area contributed by atoms with Gasteiger partial charge in [0.05, 0.1) is 0 Å². The zero-order valence-electron chi connectivity index (χ0n) is 23.5. The Kier molecular flexibility index (Phi) is 21.5. The molecule has 21 nitrogen and oxygen atoms in total. The van der Waals surface area contributed by atoms with Gasteiger partial charge in [0, 0.05) is 0 Å². The Morgan fingerprint density at radius 2 is 0.644 bits per heavy atom. The second-order valence-corrected chi connectivity index (χ2v) is 45.8. The number of hydrogen-bond acceptors (Lipinski definition) is 13. The Morgan fingerprint density at radius 3 is 0.844 bits per heavy atom. The molecule has 2 rings (SSSR count). The van der Waals surface area contributed by atoms with E-state index in [2.05, 4.69) is 0 Å². The van der Waals surface area contributed by atoms with Gasteiger partial charge in [-0.2, -0.15) is 0 Å². The standard InChI is InChI=1S/C18H30Ge6O19.2H2O/c25-13(26)1-7-19-37-20(8-2-14(27)28)40-24(12-6-18(35)36)42-22(10-4-16(31)32)38-21(9-3-15(29)30)41-23(39-19,43-24)11-5-17(33)34;;/h1-12H2,(H,25,26)(H,27,28)(H,29,30)(H,31,32)(H,33,34)(H,35,36);2*1H2. The minimum atomic E-state index is -5.03. The van der Waals surface area contributed by atoms with Crippen LogP contribution in [-0.4, -0.2) is 166 Å². The molecule has 2 fully saturated rings. The maximum atomic E-state index is 11.7. The molecule has 4 radical (unpaired) electrons. The van der Waals surface area contributed by atoms with E-state index >= 15 is 0 Å². The number of carbonyl (C=O) groups is 6. The molecule has 2 aliphatic heterocycles. The first kappa shape index (κ1) is 44.7. The predicted octanol–water partition coefficient (Wildman–Crippen LogP) is -1.84. The topological polar surface area (TPSA) is 351 Å². The van der Waals surface area contributed by atoms with Crippen LogP contribution in [-0.2, 0) is 48.3 Å². The molecule has 0 aliphatic carbocycles. The molecule has 0 aromatic carbocycles. The molecule has 2 saturated heterocycles. The van der Waals surface area contributed by atoms with Gasteiger partial charge in [-0.05, 0) is 0 Å². The first-order valence-electron chi connectivity index (χ1n) is 12.7. The van der Waals surface area contributed by atoms with Gasteiger partial charge < -0.3 is 11.0 Å². The van der Waals surface area contributed by atoms with Gasteiger partial charge >= 0.3 is 273 Å². The molecule has 0 atom stereocenters. The summed E-state index contributed by atoms with van der Waals surface area (Å²) < 4.78 is 44.3. The fourth-order valence-electron chi connectivity index (χ4n) is 3.46. The predicted molar refractivity (Wildman–Crippen MR) is 152 cm³/mol. The van der Waals surface area contributed by atoms with Gasteiger partial charge in [0.2, 0.25) is 0 Å². The van der Waals surface area contributed by atoms with E-state index in [9.17, 15) is 59.4 Å².